The third-order valence-electron chi connectivity index (χ3n) is 4.88. The Morgan fingerprint density at radius 1 is 1.27 bits per heavy atom. The molecule has 26 heavy (non-hydrogen) atoms. The standard InChI is InChI=1S/C19H24N4O3/c1-2-23(17(24)11-20-18(25)13-7-3-4-8-13)12-16-21-15-10-6-5-9-14(15)19(26)22-16/h5-6,9-10,13H,2-4,7-8,11-12H2,1H3,(H,20,25)(H,21,22,26). The maximum Gasteiger partial charge on any atom is 0.258 e. The Balaban J connectivity index is 1.64. The number of para-hydroxylation sites is 1. The van der Waals surface area contributed by atoms with E-state index < -0.39 is 0 Å². The quantitative estimate of drug-likeness (QED) is 0.821. The summed E-state index contributed by atoms with van der Waals surface area (Å²) < 4.78 is 0. The number of nitrogens with one attached hydrogen (secondary N) is 2. The summed E-state index contributed by atoms with van der Waals surface area (Å²) in [6.07, 6.45) is 3.96. The van der Waals surface area contributed by atoms with Crippen LogP contribution in [0.2, 0.25) is 0 Å². The van der Waals surface area contributed by atoms with Gasteiger partial charge in [-0.2, -0.15) is 0 Å². The molecule has 0 unspecified atom stereocenters. The first kappa shape index (κ1) is 18.1. The van der Waals surface area contributed by atoms with Crippen LogP contribution in [-0.4, -0.2) is 39.8 Å². The summed E-state index contributed by atoms with van der Waals surface area (Å²) in [6.45, 7) is 2.50. The Bertz CT molecular complexity index is 855. The van der Waals surface area contributed by atoms with Crippen molar-refractivity contribution in [3.05, 3.63) is 40.4 Å². The van der Waals surface area contributed by atoms with Crippen molar-refractivity contribution in [1.29, 1.82) is 0 Å². The summed E-state index contributed by atoms with van der Waals surface area (Å²) in [5, 5.41) is 3.27. The number of rotatable bonds is 6. The number of fused-ring (bicyclic) bond motifs is 1. The van der Waals surface area contributed by atoms with E-state index in [-0.39, 0.29) is 36.4 Å². The Morgan fingerprint density at radius 3 is 2.73 bits per heavy atom. The average Bonchev–Trinajstić information content (AvgIpc) is 3.19. The highest BCUT2D eigenvalue weighted by molar-refractivity contribution is 5.86. The molecule has 2 amide bonds. The van der Waals surface area contributed by atoms with Gasteiger partial charge in [0.1, 0.15) is 5.82 Å². The van der Waals surface area contributed by atoms with Crippen LogP contribution in [0.1, 0.15) is 38.4 Å². The Hall–Kier alpha value is -2.70. The molecule has 1 aliphatic carbocycles. The van der Waals surface area contributed by atoms with Crippen molar-refractivity contribution in [2.75, 3.05) is 13.1 Å². The molecular formula is C19H24N4O3. The largest absolute Gasteiger partial charge is 0.347 e. The van der Waals surface area contributed by atoms with Crippen molar-refractivity contribution < 1.29 is 9.59 Å². The van der Waals surface area contributed by atoms with Crippen LogP contribution in [0.5, 0.6) is 0 Å². The lowest BCUT2D eigenvalue weighted by Crippen LogP contribution is -2.41. The summed E-state index contributed by atoms with van der Waals surface area (Å²) in [7, 11) is 0. The van der Waals surface area contributed by atoms with Crippen molar-refractivity contribution in [1.82, 2.24) is 20.2 Å². The van der Waals surface area contributed by atoms with Crippen LogP contribution in [0.4, 0.5) is 0 Å². The normalized spacial score (nSPS) is 14.5. The molecule has 3 rings (SSSR count). The van der Waals surface area contributed by atoms with Crippen molar-refractivity contribution in [2.24, 2.45) is 5.92 Å². The lowest BCUT2D eigenvalue weighted by atomic mass is 10.1. The molecule has 0 spiro atoms. The van der Waals surface area contributed by atoms with E-state index in [0.717, 1.165) is 25.7 Å². The number of likely N-dealkylation sites (N-methyl/N-ethyl adjacent to an activating group) is 1. The van der Waals surface area contributed by atoms with Crippen molar-refractivity contribution in [2.45, 2.75) is 39.2 Å². The van der Waals surface area contributed by atoms with Gasteiger partial charge in [0.25, 0.3) is 5.56 Å². The Morgan fingerprint density at radius 2 is 2.00 bits per heavy atom. The Kier molecular flexibility index (Phi) is 5.65. The topological polar surface area (TPSA) is 95.2 Å². The van der Waals surface area contributed by atoms with Crippen molar-refractivity contribution >= 4 is 22.7 Å². The summed E-state index contributed by atoms with van der Waals surface area (Å²) in [5.74, 6) is 0.251. The minimum Gasteiger partial charge on any atom is -0.347 e. The van der Waals surface area contributed by atoms with E-state index in [2.05, 4.69) is 15.3 Å². The first-order chi connectivity index (χ1) is 12.6. The van der Waals surface area contributed by atoms with E-state index in [1.165, 1.54) is 0 Å². The third kappa shape index (κ3) is 4.09. The molecule has 1 heterocycles. The number of benzene rings is 1. The average molecular weight is 356 g/mol. The zero-order valence-electron chi connectivity index (χ0n) is 15.0. The van der Waals surface area contributed by atoms with Gasteiger partial charge in [-0.25, -0.2) is 4.98 Å². The van der Waals surface area contributed by atoms with E-state index in [1.807, 2.05) is 13.0 Å². The molecule has 7 nitrogen and oxygen atoms in total. The van der Waals surface area contributed by atoms with Crippen LogP contribution in [0.25, 0.3) is 10.9 Å². The summed E-state index contributed by atoms with van der Waals surface area (Å²) in [6, 6.07) is 7.09. The molecule has 1 aromatic carbocycles. The number of hydrogen-bond donors (Lipinski definition) is 2. The monoisotopic (exact) mass is 356 g/mol. The van der Waals surface area contributed by atoms with Gasteiger partial charge in [0, 0.05) is 12.5 Å². The molecule has 0 aliphatic heterocycles. The number of carbonyl (C=O) groups excluding carboxylic acids is 2. The van der Waals surface area contributed by atoms with Crippen LogP contribution in [0, 0.1) is 5.92 Å². The lowest BCUT2D eigenvalue weighted by Gasteiger charge is -2.21. The van der Waals surface area contributed by atoms with Crippen LogP contribution in [0.3, 0.4) is 0 Å². The minimum atomic E-state index is -0.219. The van der Waals surface area contributed by atoms with Gasteiger partial charge in [-0.3, -0.25) is 14.4 Å². The number of aromatic amines is 1. The molecular weight excluding hydrogens is 332 g/mol. The van der Waals surface area contributed by atoms with Crippen molar-refractivity contribution in [3.63, 3.8) is 0 Å². The molecule has 1 saturated carbocycles. The molecule has 1 aliphatic rings. The fraction of sp³-hybridized carbons (Fsp3) is 0.474. The van der Waals surface area contributed by atoms with Gasteiger partial charge in [0.15, 0.2) is 0 Å². The molecule has 0 saturated heterocycles. The Labute approximate surface area is 151 Å². The first-order valence-corrected chi connectivity index (χ1v) is 9.12. The number of H-pyrrole nitrogens is 1. The van der Waals surface area contributed by atoms with Gasteiger partial charge in [0.2, 0.25) is 11.8 Å². The second kappa shape index (κ2) is 8.12. The highest BCUT2D eigenvalue weighted by atomic mass is 16.2. The predicted molar refractivity (Wildman–Crippen MR) is 98.4 cm³/mol. The van der Waals surface area contributed by atoms with E-state index in [0.29, 0.717) is 23.3 Å². The lowest BCUT2D eigenvalue weighted by molar-refractivity contribution is -0.134. The number of carbonyl (C=O) groups is 2. The van der Waals surface area contributed by atoms with Crippen LogP contribution in [-0.2, 0) is 16.1 Å². The van der Waals surface area contributed by atoms with E-state index in [4.69, 9.17) is 0 Å². The van der Waals surface area contributed by atoms with Gasteiger partial charge in [0.05, 0.1) is 24.0 Å². The van der Waals surface area contributed by atoms with Crippen LogP contribution < -0.4 is 10.9 Å². The SMILES string of the molecule is CCN(Cc1nc2ccccc2c(=O)[nH]1)C(=O)CNC(=O)C1CCCC1. The second-order valence-electron chi connectivity index (χ2n) is 6.64. The zero-order chi connectivity index (χ0) is 18.5. The summed E-state index contributed by atoms with van der Waals surface area (Å²) in [5.41, 5.74) is 0.382. The van der Waals surface area contributed by atoms with E-state index >= 15 is 0 Å². The maximum atomic E-state index is 12.4. The highest BCUT2D eigenvalue weighted by Gasteiger charge is 2.23. The molecule has 0 radical (unpaired) electrons. The highest BCUT2D eigenvalue weighted by Crippen LogP contribution is 2.24. The molecule has 0 atom stereocenters. The van der Waals surface area contributed by atoms with Crippen molar-refractivity contribution in [3.8, 4) is 0 Å². The van der Waals surface area contributed by atoms with Gasteiger partial charge >= 0.3 is 0 Å². The van der Waals surface area contributed by atoms with Crippen LogP contribution in [0.15, 0.2) is 29.1 Å². The molecule has 1 fully saturated rings. The minimum absolute atomic E-state index is 0.0268. The molecule has 2 N–H and O–H groups in total. The third-order valence-corrected chi connectivity index (χ3v) is 4.88. The number of aromatic nitrogens is 2. The fourth-order valence-electron chi connectivity index (χ4n) is 3.37. The van der Waals surface area contributed by atoms with E-state index in [9.17, 15) is 14.4 Å². The van der Waals surface area contributed by atoms with Gasteiger partial charge in [-0.05, 0) is 31.9 Å². The second-order valence-corrected chi connectivity index (χ2v) is 6.64. The number of hydrogen-bond acceptors (Lipinski definition) is 4. The van der Waals surface area contributed by atoms with Gasteiger partial charge in [-0.15, -0.1) is 0 Å². The molecule has 2 aromatic rings. The summed E-state index contributed by atoms with van der Waals surface area (Å²) in [4.78, 5) is 45.4. The number of nitrogens with zero attached hydrogens (tertiary/aromatic N) is 2. The number of amides is 2. The molecule has 7 heteroatoms. The van der Waals surface area contributed by atoms with Gasteiger partial charge in [-0.1, -0.05) is 25.0 Å². The summed E-state index contributed by atoms with van der Waals surface area (Å²) >= 11 is 0. The molecule has 1 aromatic heterocycles. The van der Waals surface area contributed by atoms with Gasteiger partial charge < -0.3 is 15.2 Å². The fourth-order valence-corrected chi connectivity index (χ4v) is 3.37. The van der Waals surface area contributed by atoms with Crippen LogP contribution >= 0.6 is 0 Å². The van der Waals surface area contributed by atoms with E-state index in [1.54, 1.807) is 23.1 Å². The molecule has 0 bridgehead atoms. The molecule has 138 valence electrons. The maximum absolute atomic E-state index is 12.4. The zero-order valence-corrected chi connectivity index (χ0v) is 15.0. The smallest absolute Gasteiger partial charge is 0.258 e. The predicted octanol–water partition coefficient (Wildman–Crippen LogP) is 1.58. The first-order valence-electron chi connectivity index (χ1n) is 9.12.